The van der Waals surface area contributed by atoms with Crippen LogP contribution in [0, 0.1) is 5.53 Å². The lowest BCUT2D eigenvalue weighted by atomic mass is 10.2. The van der Waals surface area contributed by atoms with Crippen LogP contribution in [0.2, 0.25) is 0 Å². The number of sulfonamides is 1. The van der Waals surface area contributed by atoms with Crippen molar-refractivity contribution < 1.29 is 13.2 Å². The predicted molar refractivity (Wildman–Crippen MR) is 83.8 cm³/mol. The number of carbonyl (C=O) groups excluding carboxylic acids is 1. The molecule has 122 valence electrons. The summed E-state index contributed by atoms with van der Waals surface area (Å²) in [7, 11) is -1.68. The first-order chi connectivity index (χ1) is 10.9. The van der Waals surface area contributed by atoms with Crippen molar-refractivity contribution in [1.82, 2.24) is 13.8 Å². The van der Waals surface area contributed by atoms with Gasteiger partial charge in [-0.3, -0.25) is 0 Å². The molecule has 1 aromatic heterocycles. The summed E-state index contributed by atoms with van der Waals surface area (Å²) in [5, 5.41) is 3.73. The number of rotatable bonds is 2. The molecule has 2 amide bonds. The van der Waals surface area contributed by atoms with Crippen molar-refractivity contribution in [2.75, 3.05) is 26.2 Å². The molecular weight excluding hydrogens is 318 g/mol. The van der Waals surface area contributed by atoms with Crippen LogP contribution in [-0.2, 0) is 17.1 Å². The van der Waals surface area contributed by atoms with E-state index in [-0.39, 0.29) is 31.1 Å². The lowest BCUT2D eigenvalue weighted by Gasteiger charge is -2.32. The molecule has 2 aromatic rings. The number of hydrogen-bond donors (Lipinski definition) is 1. The summed E-state index contributed by atoms with van der Waals surface area (Å²) in [6.07, 6.45) is 1.88. The summed E-state index contributed by atoms with van der Waals surface area (Å²) >= 11 is 0. The van der Waals surface area contributed by atoms with Crippen LogP contribution in [0.5, 0.6) is 0 Å². The first-order valence-corrected chi connectivity index (χ1v) is 8.59. The normalized spacial score (nSPS) is 16.7. The average Bonchev–Trinajstić information content (AvgIpc) is 2.95. The van der Waals surface area contributed by atoms with Crippen LogP contribution >= 0.6 is 0 Å². The van der Waals surface area contributed by atoms with E-state index in [0.717, 1.165) is 10.9 Å². The number of fused-ring (bicyclic) bond motifs is 1. The third-order valence-corrected chi connectivity index (χ3v) is 5.99. The van der Waals surface area contributed by atoms with Gasteiger partial charge < -0.3 is 9.47 Å². The number of aryl methyl sites for hydroxylation is 1. The minimum atomic E-state index is -3.59. The van der Waals surface area contributed by atoms with Gasteiger partial charge in [0.05, 0.1) is 4.90 Å². The van der Waals surface area contributed by atoms with Gasteiger partial charge in [-0.05, 0) is 24.3 Å². The highest BCUT2D eigenvalue weighted by Gasteiger charge is 2.30. The van der Waals surface area contributed by atoms with E-state index in [4.69, 9.17) is 5.53 Å². The molecule has 1 aliphatic rings. The van der Waals surface area contributed by atoms with Gasteiger partial charge >= 0.3 is 6.03 Å². The van der Waals surface area contributed by atoms with E-state index >= 15 is 0 Å². The molecule has 1 aromatic carbocycles. The number of benzene rings is 1. The molecule has 0 atom stereocenters. The number of urea groups is 1. The molecule has 0 spiro atoms. The lowest BCUT2D eigenvalue weighted by Crippen LogP contribution is -2.49. The van der Waals surface area contributed by atoms with Crippen LogP contribution in [0.15, 0.2) is 40.5 Å². The minimum Gasteiger partial charge on any atom is -0.351 e. The van der Waals surface area contributed by atoms with Crippen molar-refractivity contribution in [3.63, 3.8) is 0 Å². The van der Waals surface area contributed by atoms with Gasteiger partial charge in [-0.25, -0.2) is 13.2 Å². The highest BCUT2D eigenvalue weighted by molar-refractivity contribution is 7.89. The van der Waals surface area contributed by atoms with Crippen molar-refractivity contribution in [2.24, 2.45) is 12.2 Å². The molecule has 1 N–H and O–H groups in total. The Balaban J connectivity index is 1.83. The molecule has 1 aliphatic heterocycles. The third kappa shape index (κ3) is 2.73. The fourth-order valence-corrected chi connectivity index (χ4v) is 4.22. The van der Waals surface area contributed by atoms with Crippen LogP contribution in [-0.4, -0.2) is 54.4 Å². The highest BCUT2D eigenvalue weighted by atomic mass is 32.2. The third-order valence-electron chi connectivity index (χ3n) is 4.10. The van der Waals surface area contributed by atoms with Crippen molar-refractivity contribution >= 4 is 27.0 Å². The maximum absolute atomic E-state index is 12.7. The first kappa shape index (κ1) is 15.6. The van der Waals surface area contributed by atoms with E-state index in [0.29, 0.717) is 0 Å². The summed E-state index contributed by atoms with van der Waals surface area (Å²) in [4.78, 5) is 13.0. The molecular formula is C14H17N5O3S. The quantitative estimate of drug-likeness (QED) is 0.844. The number of nitrogens with zero attached hydrogens (tertiary/aromatic N) is 4. The van der Waals surface area contributed by atoms with Gasteiger partial charge in [0.25, 0.3) is 0 Å². The van der Waals surface area contributed by atoms with Gasteiger partial charge in [-0.1, -0.05) is 5.11 Å². The van der Waals surface area contributed by atoms with Gasteiger partial charge in [-0.15, -0.1) is 0 Å². The van der Waals surface area contributed by atoms with Gasteiger partial charge in [0, 0.05) is 50.3 Å². The average molecular weight is 335 g/mol. The number of aromatic nitrogens is 1. The Hall–Kier alpha value is -2.26. The molecule has 9 heteroatoms. The molecule has 2 heterocycles. The molecule has 0 radical (unpaired) electrons. The second kappa shape index (κ2) is 5.74. The second-order valence-corrected chi connectivity index (χ2v) is 7.37. The van der Waals surface area contributed by atoms with Gasteiger partial charge in [0.2, 0.25) is 10.0 Å². The Kier molecular flexibility index (Phi) is 3.90. The smallest absolute Gasteiger partial charge is 0.351 e. The van der Waals surface area contributed by atoms with Crippen LogP contribution in [0.1, 0.15) is 0 Å². The zero-order valence-corrected chi connectivity index (χ0v) is 13.5. The van der Waals surface area contributed by atoms with E-state index in [9.17, 15) is 13.2 Å². The zero-order valence-electron chi connectivity index (χ0n) is 12.6. The first-order valence-electron chi connectivity index (χ1n) is 7.15. The van der Waals surface area contributed by atoms with E-state index in [1.165, 1.54) is 9.21 Å². The van der Waals surface area contributed by atoms with Crippen LogP contribution in [0.3, 0.4) is 0 Å². The standard InChI is InChI=1S/C14H17N5O3S/c1-17-5-4-11-10-12(2-3-13(11)17)23(21,22)19-8-6-18(7-9-19)14(20)16-15/h2-5,10,15H,6-9H2,1H3. The highest BCUT2D eigenvalue weighted by Crippen LogP contribution is 2.23. The Morgan fingerprint density at radius 3 is 2.52 bits per heavy atom. The Bertz CT molecular complexity index is 866. The monoisotopic (exact) mass is 335 g/mol. The summed E-state index contributed by atoms with van der Waals surface area (Å²) in [5.74, 6) is 0. The molecule has 23 heavy (non-hydrogen) atoms. The fraction of sp³-hybridized carbons (Fsp3) is 0.357. The topological polar surface area (TPSA) is 98.8 Å². The SMILES string of the molecule is Cn1ccc2cc(S(=O)(=O)N3CCN(C(=O)N=N)CC3)ccc21. The number of hydrogen-bond acceptors (Lipinski definition) is 4. The molecule has 1 saturated heterocycles. The Labute approximate surface area is 133 Å². The number of amides is 2. The molecule has 0 bridgehead atoms. The summed E-state index contributed by atoms with van der Waals surface area (Å²) < 4.78 is 28.8. The van der Waals surface area contributed by atoms with Crippen molar-refractivity contribution in [3.05, 3.63) is 30.5 Å². The van der Waals surface area contributed by atoms with E-state index in [1.54, 1.807) is 18.2 Å². The molecule has 0 unspecified atom stereocenters. The molecule has 1 fully saturated rings. The molecule has 0 saturated carbocycles. The Morgan fingerprint density at radius 2 is 1.87 bits per heavy atom. The summed E-state index contributed by atoms with van der Waals surface area (Å²) in [6.45, 7) is 0.898. The maximum Gasteiger partial charge on any atom is 0.361 e. The van der Waals surface area contributed by atoms with E-state index in [1.807, 2.05) is 23.9 Å². The van der Waals surface area contributed by atoms with Gasteiger partial charge in [0.1, 0.15) is 0 Å². The lowest BCUT2D eigenvalue weighted by molar-refractivity contribution is 0.179. The van der Waals surface area contributed by atoms with Crippen molar-refractivity contribution in [3.8, 4) is 0 Å². The van der Waals surface area contributed by atoms with Crippen molar-refractivity contribution in [1.29, 1.82) is 5.53 Å². The maximum atomic E-state index is 12.7. The molecule has 8 nitrogen and oxygen atoms in total. The fourth-order valence-electron chi connectivity index (χ4n) is 2.76. The van der Waals surface area contributed by atoms with Crippen LogP contribution in [0.25, 0.3) is 10.9 Å². The van der Waals surface area contributed by atoms with Crippen LogP contribution in [0.4, 0.5) is 4.79 Å². The molecule has 0 aliphatic carbocycles. The minimum absolute atomic E-state index is 0.205. The van der Waals surface area contributed by atoms with Crippen molar-refractivity contribution in [2.45, 2.75) is 4.90 Å². The largest absolute Gasteiger partial charge is 0.361 e. The number of carbonyl (C=O) groups is 1. The van der Waals surface area contributed by atoms with Gasteiger partial charge in [-0.2, -0.15) is 9.84 Å². The predicted octanol–water partition coefficient (Wildman–Crippen LogP) is 1.64. The summed E-state index contributed by atoms with van der Waals surface area (Å²) in [5.41, 5.74) is 7.70. The number of nitrogens with one attached hydrogen (secondary N) is 1. The van der Waals surface area contributed by atoms with Gasteiger partial charge in [0.15, 0.2) is 0 Å². The summed E-state index contributed by atoms with van der Waals surface area (Å²) in [6, 6.07) is 6.31. The zero-order chi connectivity index (χ0) is 16.6. The number of piperazine rings is 1. The second-order valence-electron chi connectivity index (χ2n) is 5.43. The molecule has 3 rings (SSSR count). The van der Waals surface area contributed by atoms with Crippen LogP contribution < -0.4 is 0 Å². The van der Waals surface area contributed by atoms with E-state index in [2.05, 4.69) is 5.11 Å². The van der Waals surface area contributed by atoms with E-state index < -0.39 is 16.1 Å². The Morgan fingerprint density at radius 1 is 1.17 bits per heavy atom.